The number of halogens is 14. The molecule has 0 rings (SSSR count). The standard InChI is InChI=1S/C11H8F14N2O2/c12-6(13,8(16,17)10(20,21)22)4(28)26-2-1-3-27-5(29)7(14,15)9(18,19)11(23,24)25/h1-3H2,(H,26,28)(H,27,29). The third-order valence-corrected chi connectivity index (χ3v) is 3.00. The molecule has 172 valence electrons. The van der Waals surface area contributed by atoms with Crippen molar-refractivity contribution in [3.05, 3.63) is 0 Å². The van der Waals surface area contributed by atoms with Gasteiger partial charge in [-0.15, -0.1) is 0 Å². The molecule has 0 aromatic carbocycles. The van der Waals surface area contributed by atoms with Crippen LogP contribution in [0.1, 0.15) is 6.42 Å². The Morgan fingerprint density at radius 3 is 0.966 bits per heavy atom. The molecule has 2 amide bonds. The van der Waals surface area contributed by atoms with Crippen LogP contribution in [0.2, 0.25) is 0 Å². The lowest BCUT2D eigenvalue weighted by Gasteiger charge is -2.27. The van der Waals surface area contributed by atoms with Gasteiger partial charge >= 0.3 is 36.0 Å². The fourth-order valence-electron chi connectivity index (χ4n) is 1.36. The lowest BCUT2D eigenvalue weighted by molar-refractivity contribution is -0.344. The van der Waals surface area contributed by atoms with E-state index in [1.165, 1.54) is 0 Å². The van der Waals surface area contributed by atoms with Crippen LogP contribution in [0.15, 0.2) is 0 Å². The summed E-state index contributed by atoms with van der Waals surface area (Å²) in [5, 5.41) is 1.66. The first-order valence-corrected chi connectivity index (χ1v) is 6.76. The summed E-state index contributed by atoms with van der Waals surface area (Å²) in [6, 6.07) is 0. The zero-order valence-electron chi connectivity index (χ0n) is 13.2. The quantitative estimate of drug-likeness (QED) is 0.427. The zero-order valence-corrected chi connectivity index (χ0v) is 13.2. The maximum Gasteiger partial charge on any atom is 0.460 e. The molecule has 0 aliphatic rings. The summed E-state index contributed by atoms with van der Waals surface area (Å²) in [4.78, 5) is 21.6. The SMILES string of the molecule is O=C(NCCCNC(=O)C(F)(F)C(F)(F)C(F)(F)F)C(F)(F)C(F)(F)C(F)(F)F. The van der Waals surface area contributed by atoms with Crippen LogP contribution >= 0.6 is 0 Å². The number of carbonyl (C=O) groups excluding carboxylic acids is 2. The molecule has 0 aromatic rings. The van der Waals surface area contributed by atoms with Gasteiger partial charge in [0.25, 0.3) is 11.8 Å². The van der Waals surface area contributed by atoms with Gasteiger partial charge in [-0.3, -0.25) is 9.59 Å². The molecule has 0 aliphatic heterocycles. The van der Waals surface area contributed by atoms with E-state index in [2.05, 4.69) is 0 Å². The predicted octanol–water partition coefficient (Wildman–Crippen LogP) is 3.27. The molecule has 0 fully saturated rings. The van der Waals surface area contributed by atoms with Gasteiger partial charge in [-0.25, -0.2) is 0 Å². The van der Waals surface area contributed by atoms with Crippen molar-refractivity contribution in [2.45, 2.75) is 42.5 Å². The zero-order chi connectivity index (χ0) is 23.7. The second-order valence-electron chi connectivity index (χ2n) is 5.16. The van der Waals surface area contributed by atoms with E-state index >= 15 is 0 Å². The number of hydrogen-bond acceptors (Lipinski definition) is 2. The summed E-state index contributed by atoms with van der Waals surface area (Å²) in [6.07, 6.45) is -14.6. The minimum absolute atomic E-state index is 0.832. The average molecular weight is 466 g/mol. The molecule has 0 saturated heterocycles. The van der Waals surface area contributed by atoms with Crippen LogP contribution in [0.25, 0.3) is 0 Å². The minimum atomic E-state index is -6.82. The summed E-state index contributed by atoms with van der Waals surface area (Å²) < 4.78 is 173. The molecule has 2 N–H and O–H groups in total. The van der Waals surface area contributed by atoms with Crippen LogP contribution in [0.4, 0.5) is 61.5 Å². The van der Waals surface area contributed by atoms with Gasteiger partial charge in [0.1, 0.15) is 0 Å². The molecule has 0 heterocycles. The van der Waals surface area contributed by atoms with E-state index in [9.17, 15) is 71.1 Å². The highest BCUT2D eigenvalue weighted by Crippen LogP contribution is 2.47. The summed E-state index contributed by atoms with van der Waals surface area (Å²) in [5.41, 5.74) is 0. The Hall–Kier alpha value is -2.04. The maximum atomic E-state index is 12.9. The van der Waals surface area contributed by atoms with E-state index < -0.39 is 67.4 Å². The van der Waals surface area contributed by atoms with E-state index in [1.807, 2.05) is 0 Å². The van der Waals surface area contributed by atoms with Gasteiger partial charge in [0.05, 0.1) is 0 Å². The van der Waals surface area contributed by atoms with Crippen LogP contribution in [-0.4, -0.2) is 60.9 Å². The minimum Gasteiger partial charge on any atom is -0.351 e. The van der Waals surface area contributed by atoms with Crippen molar-refractivity contribution in [1.82, 2.24) is 10.6 Å². The first-order valence-electron chi connectivity index (χ1n) is 6.76. The van der Waals surface area contributed by atoms with Crippen molar-refractivity contribution in [3.8, 4) is 0 Å². The molecule has 0 spiro atoms. The Morgan fingerprint density at radius 2 is 0.759 bits per heavy atom. The van der Waals surface area contributed by atoms with Crippen molar-refractivity contribution in [2.75, 3.05) is 13.1 Å². The number of alkyl halides is 14. The van der Waals surface area contributed by atoms with E-state index in [-0.39, 0.29) is 0 Å². The molecule has 0 aromatic heterocycles. The first kappa shape index (κ1) is 27.0. The summed E-state index contributed by atoms with van der Waals surface area (Å²) in [6.45, 7) is -2.55. The molecule has 0 aliphatic carbocycles. The third-order valence-electron chi connectivity index (χ3n) is 3.00. The Balaban J connectivity index is 4.75. The van der Waals surface area contributed by atoms with Crippen LogP contribution in [0.3, 0.4) is 0 Å². The lowest BCUT2D eigenvalue weighted by Crippen LogP contribution is -2.60. The lowest BCUT2D eigenvalue weighted by atomic mass is 10.1. The summed E-state index contributed by atoms with van der Waals surface area (Å²) >= 11 is 0. The average Bonchev–Trinajstić information content (AvgIpc) is 2.51. The normalized spacial score (nSPS) is 14.6. The van der Waals surface area contributed by atoms with Gasteiger partial charge in [0, 0.05) is 13.1 Å². The number of rotatable bonds is 8. The molecule has 0 unspecified atom stereocenters. The number of hydrogen-bond donors (Lipinski definition) is 2. The van der Waals surface area contributed by atoms with E-state index in [0.717, 1.165) is 10.6 Å². The maximum absolute atomic E-state index is 12.9. The highest BCUT2D eigenvalue weighted by Gasteiger charge is 2.77. The van der Waals surface area contributed by atoms with Gasteiger partial charge in [-0.05, 0) is 6.42 Å². The second-order valence-corrected chi connectivity index (χ2v) is 5.16. The van der Waals surface area contributed by atoms with Crippen LogP contribution in [-0.2, 0) is 9.59 Å². The molecular weight excluding hydrogens is 458 g/mol. The van der Waals surface area contributed by atoms with E-state index in [0.29, 0.717) is 0 Å². The van der Waals surface area contributed by atoms with Gasteiger partial charge in [-0.1, -0.05) is 0 Å². The van der Waals surface area contributed by atoms with Gasteiger partial charge in [0.15, 0.2) is 0 Å². The van der Waals surface area contributed by atoms with Crippen LogP contribution in [0, 0.1) is 0 Å². The van der Waals surface area contributed by atoms with Crippen molar-refractivity contribution in [2.24, 2.45) is 0 Å². The molecule has 4 nitrogen and oxygen atoms in total. The van der Waals surface area contributed by atoms with Crippen molar-refractivity contribution < 1.29 is 71.1 Å². The molecule has 0 radical (unpaired) electrons. The Kier molecular flexibility index (Phi) is 7.44. The number of carbonyl (C=O) groups is 2. The molecule has 0 bridgehead atoms. The summed E-state index contributed by atoms with van der Waals surface area (Å²) in [7, 11) is 0. The Morgan fingerprint density at radius 1 is 0.517 bits per heavy atom. The predicted molar refractivity (Wildman–Crippen MR) is 62.5 cm³/mol. The van der Waals surface area contributed by atoms with Crippen LogP contribution < -0.4 is 10.6 Å². The van der Waals surface area contributed by atoms with E-state index in [4.69, 9.17) is 0 Å². The highest BCUT2D eigenvalue weighted by molar-refractivity contribution is 5.85. The Labute approximate surface area is 150 Å². The summed E-state index contributed by atoms with van der Waals surface area (Å²) in [5.74, 6) is -32.5. The first-order chi connectivity index (χ1) is 12.5. The number of amides is 2. The molecule has 18 heteroatoms. The number of nitrogens with one attached hydrogen (secondary N) is 2. The van der Waals surface area contributed by atoms with Crippen molar-refractivity contribution >= 4 is 11.8 Å². The molecular formula is C11H8F14N2O2. The topological polar surface area (TPSA) is 58.2 Å². The largest absolute Gasteiger partial charge is 0.460 e. The fraction of sp³-hybridized carbons (Fsp3) is 0.818. The van der Waals surface area contributed by atoms with Crippen LogP contribution in [0.5, 0.6) is 0 Å². The van der Waals surface area contributed by atoms with Gasteiger partial charge in [-0.2, -0.15) is 61.5 Å². The van der Waals surface area contributed by atoms with Crippen molar-refractivity contribution in [1.29, 1.82) is 0 Å². The van der Waals surface area contributed by atoms with E-state index in [1.54, 1.807) is 0 Å². The highest BCUT2D eigenvalue weighted by atomic mass is 19.4. The monoisotopic (exact) mass is 466 g/mol. The smallest absolute Gasteiger partial charge is 0.351 e. The Bertz CT molecular complexity index is 558. The van der Waals surface area contributed by atoms with Crippen molar-refractivity contribution in [3.63, 3.8) is 0 Å². The third kappa shape index (κ3) is 5.12. The molecule has 29 heavy (non-hydrogen) atoms. The van der Waals surface area contributed by atoms with Gasteiger partial charge in [0.2, 0.25) is 0 Å². The van der Waals surface area contributed by atoms with Gasteiger partial charge < -0.3 is 10.6 Å². The molecule has 0 atom stereocenters. The second kappa shape index (κ2) is 8.00. The fourth-order valence-corrected chi connectivity index (χ4v) is 1.36. The molecule has 0 saturated carbocycles.